The van der Waals surface area contributed by atoms with Crippen LogP contribution in [0.25, 0.3) is 0 Å². The quantitative estimate of drug-likeness (QED) is 0.787. The number of thioether (sulfide) groups is 1. The number of aliphatic hydroxyl groups excluding tert-OH is 1. The van der Waals surface area contributed by atoms with Crippen LogP contribution in [0.3, 0.4) is 0 Å². The lowest BCUT2D eigenvalue weighted by Crippen LogP contribution is -2.20. The highest BCUT2D eigenvalue weighted by Crippen LogP contribution is 2.34. The Bertz CT molecular complexity index is 604. The molecule has 0 aliphatic heterocycles. The zero-order valence-electron chi connectivity index (χ0n) is 11.6. The molecule has 0 aromatic heterocycles. The SMILES string of the molecule is CSc1ccc(C(O)C(CN)c2ccc(Cl)c(Cl)c2)cc1. The van der Waals surface area contributed by atoms with Crippen LogP contribution in [0, 0.1) is 0 Å². The monoisotopic (exact) mass is 341 g/mol. The van der Waals surface area contributed by atoms with Crippen molar-refractivity contribution in [2.75, 3.05) is 12.8 Å². The van der Waals surface area contributed by atoms with Gasteiger partial charge in [0.05, 0.1) is 16.1 Å². The lowest BCUT2D eigenvalue weighted by atomic mass is 9.89. The van der Waals surface area contributed by atoms with Gasteiger partial charge < -0.3 is 10.8 Å². The Kier molecular flexibility index (Phi) is 5.97. The van der Waals surface area contributed by atoms with Crippen molar-refractivity contribution >= 4 is 35.0 Å². The predicted molar refractivity (Wildman–Crippen MR) is 91.4 cm³/mol. The molecule has 0 saturated heterocycles. The molecule has 3 N–H and O–H groups in total. The molecule has 112 valence electrons. The normalized spacial score (nSPS) is 14.0. The molecule has 2 rings (SSSR count). The van der Waals surface area contributed by atoms with Gasteiger partial charge in [-0.1, -0.05) is 41.4 Å². The number of nitrogens with two attached hydrogens (primary N) is 1. The van der Waals surface area contributed by atoms with Crippen LogP contribution in [0.1, 0.15) is 23.1 Å². The van der Waals surface area contributed by atoms with E-state index in [2.05, 4.69) is 0 Å². The lowest BCUT2D eigenvalue weighted by Gasteiger charge is -2.23. The van der Waals surface area contributed by atoms with Gasteiger partial charge >= 0.3 is 0 Å². The van der Waals surface area contributed by atoms with Crippen LogP contribution in [0.4, 0.5) is 0 Å². The van der Waals surface area contributed by atoms with E-state index in [1.54, 1.807) is 23.9 Å². The molecule has 0 aliphatic rings. The number of hydrogen-bond donors (Lipinski definition) is 2. The topological polar surface area (TPSA) is 46.2 Å². The Morgan fingerprint density at radius 3 is 2.19 bits per heavy atom. The van der Waals surface area contributed by atoms with E-state index < -0.39 is 6.10 Å². The maximum absolute atomic E-state index is 10.6. The van der Waals surface area contributed by atoms with Crippen molar-refractivity contribution in [1.29, 1.82) is 0 Å². The minimum atomic E-state index is -0.678. The van der Waals surface area contributed by atoms with E-state index in [0.29, 0.717) is 16.6 Å². The summed E-state index contributed by atoms with van der Waals surface area (Å²) in [6.45, 7) is 0.323. The number of benzene rings is 2. The number of aliphatic hydroxyl groups is 1. The summed E-state index contributed by atoms with van der Waals surface area (Å²) in [4.78, 5) is 1.16. The lowest BCUT2D eigenvalue weighted by molar-refractivity contribution is 0.147. The molecular formula is C16H17Cl2NOS. The molecule has 0 amide bonds. The smallest absolute Gasteiger partial charge is 0.0870 e. The summed E-state index contributed by atoms with van der Waals surface area (Å²) in [5, 5.41) is 11.6. The second kappa shape index (κ2) is 7.52. The summed E-state index contributed by atoms with van der Waals surface area (Å²) in [6.07, 6.45) is 1.34. The average Bonchev–Trinajstić information content (AvgIpc) is 2.51. The zero-order valence-corrected chi connectivity index (χ0v) is 13.9. The van der Waals surface area contributed by atoms with Gasteiger partial charge in [-0.05, 0) is 41.6 Å². The average molecular weight is 342 g/mol. The fourth-order valence-electron chi connectivity index (χ4n) is 2.22. The van der Waals surface area contributed by atoms with Gasteiger partial charge in [0.25, 0.3) is 0 Å². The molecule has 21 heavy (non-hydrogen) atoms. The Morgan fingerprint density at radius 2 is 1.67 bits per heavy atom. The third kappa shape index (κ3) is 3.93. The highest BCUT2D eigenvalue weighted by molar-refractivity contribution is 7.98. The summed E-state index contributed by atoms with van der Waals surface area (Å²) < 4.78 is 0. The van der Waals surface area contributed by atoms with Gasteiger partial charge in [0, 0.05) is 17.4 Å². The van der Waals surface area contributed by atoms with Crippen LogP contribution in [0.5, 0.6) is 0 Å². The second-order valence-corrected chi connectivity index (χ2v) is 6.43. The van der Waals surface area contributed by atoms with Crippen molar-refractivity contribution in [2.45, 2.75) is 16.9 Å². The molecule has 2 nitrogen and oxygen atoms in total. The van der Waals surface area contributed by atoms with Crippen molar-refractivity contribution in [1.82, 2.24) is 0 Å². The van der Waals surface area contributed by atoms with Gasteiger partial charge in [0.15, 0.2) is 0 Å². The van der Waals surface area contributed by atoms with E-state index in [0.717, 1.165) is 16.0 Å². The maximum Gasteiger partial charge on any atom is 0.0870 e. The van der Waals surface area contributed by atoms with Crippen LogP contribution < -0.4 is 5.73 Å². The first kappa shape index (κ1) is 16.7. The Morgan fingerprint density at radius 1 is 1.05 bits per heavy atom. The molecule has 2 aromatic rings. The number of halogens is 2. The molecule has 0 bridgehead atoms. The van der Waals surface area contributed by atoms with E-state index in [9.17, 15) is 5.11 Å². The molecule has 0 heterocycles. The Balaban J connectivity index is 2.28. The third-order valence-electron chi connectivity index (χ3n) is 3.46. The Labute approximate surface area is 139 Å². The summed E-state index contributed by atoms with van der Waals surface area (Å²) in [6, 6.07) is 13.2. The summed E-state index contributed by atoms with van der Waals surface area (Å²) in [7, 11) is 0. The molecule has 2 aromatic carbocycles. The zero-order chi connectivity index (χ0) is 15.4. The molecule has 0 radical (unpaired) electrons. The second-order valence-electron chi connectivity index (χ2n) is 4.73. The van der Waals surface area contributed by atoms with Crippen LogP contribution >= 0.6 is 35.0 Å². The van der Waals surface area contributed by atoms with Gasteiger partial charge in [-0.2, -0.15) is 0 Å². The van der Waals surface area contributed by atoms with Crippen molar-refractivity contribution in [3.8, 4) is 0 Å². The minimum absolute atomic E-state index is 0.222. The van der Waals surface area contributed by atoms with Crippen LogP contribution in [-0.2, 0) is 0 Å². The number of hydrogen-bond acceptors (Lipinski definition) is 3. The first-order chi connectivity index (χ1) is 10.1. The molecule has 0 aliphatic carbocycles. The van der Waals surface area contributed by atoms with Crippen LogP contribution in [0.2, 0.25) is 10.0 Å². The van der Waals surface area contributed by atoms with Gasteiger partial charge in [-0.3, -0.25) is 0 Å². The van der Waals surface area contributed by atoms with E-state index in [1.165, 1.54) is 0 Å². The molecule has 0 fully saturated rings. The van der Waals surface area contributed by atoms with Gasteiger partial charge in [0.1, 0.15) is 0 Å². The first-order valence-electron chi connectivity index (χ1n) is 6.54. The van der Waals surface area contributed by atoms with Crippen molar-refractivity contribution in [3.05, 3.63) is 63.6 Å². The predicted octanol–water partition coefficient (Wildman–Crippen LogP) is 4.49. The van der Waals surface area contributed by atoms with Crippen LogP contribution in [-0.4, -0.2) is 17.9 Å². The van der Waals surface area contributed by atoms with Crippen molar-refractivity contribution < 1.29 is 5.11 Å². The molecule has 2 atom stereocenters. The number of rotatable bonds is 5. The molecule has 0 saturated carbocycles. The first-order valence-corrected chi connectivity index (χ1v) is 8.52. The fourth-order valence-corrected chi connectivity index (χ4v) is 2.94. The maximum atomic E-state index is 10.6. The van der Waals surface area contributed by atoms with E-state index in [4.69, 9.17) is 28.9 Å². The largest absolute Gasteiger partial charge is 0.388 e. The van der Waals surface area contributed by atoms with E-state index >= 15 is 0 Å². The van der Waals surface area contributed by atoms with Crippen molar-refractivity contribution in [2.24, 2.45) is 5.73 Å². The summed E-state index contributed by atoms with van der Waals surface area (Å²) >= 11 is 13.6. The van der Waals surface area contributed by atoms with E-state index in [-0.39, 0.29) is 5.92 Å². The van der Waals surface area contributed by atoms with Gasteiger partial charge in [-0.15, -0.1) is 11.8 Å². The standard InChI is InChI=1S/C16H17Cl2NOS/c1-21-12-5-2-10(3-6-12)16(20)13(9-19)11-4-7-14(17)15(18)8-11/h2-8,13,16,20H,9,19H2,1H3. The molecular weight excluding hydrogens is 325 g/mol. The van der Waals surface area contributed by atoms with Gasteiger partial charge in [-0.25, -0.2) is 0 Å². The van der Waals surface area contributed by atoms with Gasteiger partial charge in [0.2, 0.25) is 0 Å². The van der Waals surface area contributed by atoms with E-state index in [1.807, 2.05) is 36.6 Å². The fraction of sp³-hybridized carbons (Fsp3) is 0.250. The Hall–Kier alpha value is -0.710. The molecule has 2 unspecified atom stereocenters. The summed E-state index contributed by atoms with van der Waals surface area (Å²) in [5.74, 6) is -0.222. The highest BCUT2D eigenvalue weighted by atomic mass is 35.5. The summed E-state index contributed by atoms with van der Waals surface area (Å²) in [5.41, 5.74) is 7.57. The highest BCUT2D eigenvalue weighted by Gasteiger charge is 2.22. The van der Waals surface area contributed by atoms with Crippen molar-refractivity contribution in [3.63, 3.8) is 0 Å². The molecule has 0 spiro atoms. The third-order valence-corrected chi connectivity index (χ3v) is 4.95. The molecule has 5 heteroatoms. The minimum Gasteiger partial charge on any atom is -0.388 e. The van der Waals surface area contributed by atoms with Crippen LogP contribution in [0.15, 0.2) is 47.4 Å².